The number of thiophene rings is 2. The average Bonchev–Trinajstić information content (AvgIpc) is 3.46. The highest BCUT2D eigenvalue weighted by molar-refractivity contribution is 9.11. The largest absolute Gasteiger partial charge is 0.481 e. The first-order valence-electron chi connectivity index (χ1n) is 15.3. The summed E-state index contributed by atoms with van der Waals surface area (Å²) in [5.74, 6) is 3.26. The summed E-state index contributed by atoms with van der Waals surface area (Å²) in [6.07, 6.45) is 22.8. The van der Waals surface area contributed by atoms with E-state index in [1.165, 1.54) is 89.7 Å². The summed E-state index contributed by atoms with van der Waals surface area (Å²) < 4.78 is 9.59. The predicted molar refractivity (Wildman–Crippen MR) is 182 cm³/mol. The van der Waals surface area contributed by atoms with E-state index in [0.29, 0.717) is 5.92 Å². The zero-order valence-corrected chi connectivity index (χ0v) is 29.3. The average molecular weight is 699 g/mol. The Morgan fingerprint density at radius 1 is 0.795 bits per heavy atom. The molecule has 0 radical (unpaired) electrons. The van der Waals surface area contributed by atoms with Crippen LogP contribution in [0.3, 0.4) is 0 Å². The number of allylic oxidation sites excluding steroid dienone is 2. The third-order valence-electron chi connectivity index (χ3n) is 8.30. The molecule has 2 aromatic heterocycles. The minimum atomic E-state index is -0.248. The van der Waals surface area contributed by atoms with Crippen LogP contribution in [-0.4, -0.2) is 0 Å². The molecule has 1 aliphatic rings. The van der Waals surface area contributed by atoms with Crippen LogP contribution in [0.15, 0.2) is 45.0 Å². The van der Waals surface area contributed by atoms with Gasteiger partial charge in [-0.05, 0) is 101 Å². The smallest absolute Gasteiger partial charge is 0.141 e. The van der Waals surface area contributed by atoms with E-state index in [0.717, 1.165) is 47.1 Å². The van der Waals surface area contributed by atoms with Crippen molar-refractivity contribution in [3.63, 3.8) is 0 Å². The van der Waals surface area contributed by atoms with Crippen molar-refractivity contribution in [2.24, 2.45) is 17.8 Å². The van der Waals surface area contributed by atoms with Gasteiger partial charge in [-0.3, -0.25) is 0 Å². The number of unbranched alkanes of at least 4 members (excludes halogenated alkanes) is 5. The molecule has 3 rings (SSSR count). The van der Waals surface area contributed by atoms with E-state index in [1.807, 2.05) is 22.7 Å². The van der Waals surface area contributed by atoms with Gasteiger partial charge in [0.25, 0.3) is 0 Å². The summed E-state index contributed by atoms with van der Waals surface area (Å²) in [6, 6.07) is 4.60. The second-order valence-electron chi connectivity index (χ2n) is 12.2. The lowest BCUT2D eigenvalue weighted by molar-refractivity contribution is 0.0186. The van der Waals surface area contributed by atoms with Gasteiger partial charge in [-0.2, -0.15) is 0 Å². The predicted octanol–water partition coefficient (Wildman–Crippen LogP) is 13.7. The van der Waals surface area contributed by atoms with Crippen molar-refractivity contribution in [1.29, 1.82) is 0 Å². The second-order valence-corrected chi connectivity index (χ2v) is 17.0. The minimum absolute atomic E-state index is 0.248. The van der Waals surface area contributed by atoms with Gasteiger partial charge in [-0.1, -0.05) is 84.3 Å². The summed E-state index contributed by atoms with van der Waals surface area (Å²) in [7, 11) is 0. The van der Waals surface area contributed by atoms with Crippen LogP contribution in [0.25, 0.3) is 9.75 Å². The van der Waals surface area contributed by atoms with Gasteiger partial charge < -0.3 is 4.74 Å². The third-order valence-corrected chi connectivity index (χ3v) is 11.7. The number of ether oxygens (including phenoxy) is 1. The first-order valence-corrected chi connectivity index (χ1v) is 18.5. The van der Waals surface area contributed by atoms with Gasteiger partial charge >= 0.3 is 0 Å². The molecule has 0 N–H and O–H groups in total. The van der Waals surface area contributed by atoms with Crippen molar-refractivity contribution in [2.45, 2.75) is 123 Å². The Balaban J connectivity index is 1.86. The van der Waals surface area contributed by atoms with E-state index in [2.05, 4.69) is 90.1 Å². The Morgan fingerprint density at radius 3 is 2.13 bits per heavy atom. The minimum Gasteiger partial charge on any atom is -0.481 e. The fourth-order valence-corrected chi connectivity index (χ4v) is 9.43. The van der Waals surface area contributed by atoms with Crippen molar-refractivity contribution in [3.05, 3.63) is 50.6 Å². The molecule has 39 heavy (non-hydrogen) atoms. The molecule has 2 unspecified atom stereocenters. The van der Waals surface area contributed by atoms with Gasteiger partial charge in [0, 0.05) is 11.6 Å². The lowest BCUT2D eigenvalue weighted by Crippen LogP contribution is -2.38. The molecule has 1 nitrogen and oxygen atoms in total. The molecule has 0 aromatic carbocycles. The molecule has 0 saturated heterocycles. The molecule has 2 aromatic rings. The quantitative estimate of drug-likeness (QED) is 0.0988. The summed E-state index contributed by atoms with van der Waals surface area (Å²) in [5, 5.41) is 0. The first kappa shape index (κ1) is 33.1. The van der Waals surface area contributed by atoms with E-state index in [4.69, 9.17) is 4.74 Å². The number of halogens is 2. The first-order chi connectivity index (χ1) is 18.8. The standard InChI is InChI=1S/C34H50Br2OS2/c1-6-8-10-12-14-19-27(18-13-11-9-7-2)24-34(21-20-26(5)17-15-16-25(3)4)28-22-30(35)38-32(28)33-29(37-34)23-31(36)39-33/h6-7,22-23,25-27H,1-2,8-21,24H2,3-5H3/t26?,27?,34-/m1/s1. The SMILES string of the molecule is C=CCCCCCC(CCCCC=C)C[C@@]1(CCC(C)CCCC(C)C)Oc2cc(Br)sc2-c2sc(Br)cc21. The molecule has 0 saturated carbocycles. The summed E-state index contributed by atoms with van der Waals surface area (Å²) >= 11 is 11.3. The van der Waals surface area contributed by atoms with Crippen LogP contribution in [0.2, 0.25) is 0 Å². The van der Waals surface area contributed by atoms with Gasteiger partial charge in [0.05, 0.1) is 17.3 Å². The zero-order chi connectivity index (χ0) is 28.3. The molecule has 0 aliphatic carbocycles. The Labute approximate surface area is 264 Å². The molecule has 3 atom stereocenters. The number of hydrogen-bond donors (Lipinski definition) is 0. The topological polar surface area (TPSA) is 9.23 Å². The molecule has 0 fully saturated rings. The molecule has 1 aliphatic heterocycles. The van der Waals surface area contributed by atoms with E-state index < -0.39 is 0 Å². The van der Waals surface area contributed by atoms with Gasteiger partial charge in [0.1, 0.15) is 11.4 Å². The van der Waals surface area contributed by atoms with Crippen LogP contribution in [0, 0.1) is 17.8 Å². The van der Waals surface area contributed by atoms with Gasteiger partial charge in [-0.15, -0.1) is 35.8 Å². The van der Waals surface area contributed by atoms with Crippen LogP contribution in [0.5, 0.6) is 5.75 Å². The number of fused-ring (bicyclic) bond motifs is 3. The summed E-state index contributed by atoms with van der Waals surface area (Å²) in [4.78, 5) is 2.71. The van der Waals surface area contributed by atoms with Crippen molar-refractivity contribution in [2.75, 3.05) is 0 Å². The molecule has 3 heterocycles. The Hall–Kier alpha value is -0.360. The summed E-state index contributed by atoms with van der Waals surface area (Å²) in [5.41, 5.74) is 1.18. The van der Waals surface area contributed by atoms with Gasteiger partial charge in [0.15, 0.2) is 0 Å². The van der Waals surface area contributed by atoms with Crippen molar-refractivity contribution in [3.8, 4) is 15.5 Å². The lowest BCUT2D eigenvalue weighted by Gasteiger charge is -2.41. The molecule has 0 amide bonds. The highest BCUT2D eigenvalue weighted by atomic mass is 79.9. The van der Waals surface area contributed by atoms with Crippen LogP contribution in [0.1, 0.15) is 123 Å². The fourth-order valence-electron chi connectivity index (χ4n) is 6.09. The zero-order valence-electron chi connectivity index (χ0n) is 24.5. The maximum Gasteiger partial charge on any atom is 0.141 e. The van der Waals surface area contributed by atoms with Crippen molar-refractivity contribution in [1.82, 2.24) is 0 Å². The van der Waals surface area contributed by atoms with Crippen LogP contribution in [-0.2, 0) is 5.60 Å². The fraction of sp³-hybridized carbons (Fsp3) is 0.647. The molecule has 0 bridgehead atoms. The van der Waals surface area contributed by atoms with E-state index in [1.54, 1.807) is 0 Å². The van der Waals surface area contributed by atoms with E-state index in [-0.39, 0.29) is 5.60 Å². The lowest BCUT2D eigenvalue weighted by atomic mass is 9.75. The Bertz CT molecular complexity index is 1020. The Kier molecular flexibility index (Phi) is 14.4. The molecular formula is C34H50Br2OS2. The van der Waals surface area contributed by atoms with E-state index in [9.17, 15) is 0 Å². The maximum absolute atomic E-state index is 7.21. The second kappa shape index (κ2) is 16.9. The van der Waals surface area contributed by atoms with E-state index >= 15 is 0 Å². The number of rotatable bonds is 20. The van der Waals surface area contributed by atoms with Crippen molar-refractivity contribution >= 4 is 54.5 Å². The third kappa shape index (κ3) is 10.1. The van der Waals surface area contributed by atoms with Gasteiger partial charge in [0.2, 0.25) is 0 Å². The maximum atomic E-state index is 7.21. The number of hydrogen-bond acceptors (Lipinski definition) is 3. The molecule has 0 spiro atoms. The van der Waals surface area contributed by atoms with Crippen molar-refractivity contribution < 1.29 is 4.74 Å². The molecule has 5 heteroatoms. The van der Waals surface area contributed by atoms with Gasteiger partial charge in [-0.25, -0.2) is 0 Å². The normalized spacial score (nSPS) is 17.9. The van der Waals surface area contributed by atoms with Crippen LogP contribution >= 0.6 is 54.5 Å². The van der Waals surface area contributed by atoms with Crippen LogP contribution in [0.4, 0.5) is 0 Å². The Morgan fingerprint density at radius 2 is 1.44 bits per heavy atom. The molecular weight excluding hydrogens is 648 g/mol. The molecule has 218 valence electrons. The highest BCUT2D eigenvalue weighted by Crippen LogP contribution is 2.57. The highest BCUT2D eigenvalue weighted by Gasteiger charge is 2.44. The monoisotopic (exact) mass is 696 g/mol. The summed E-state index contributed by atoms with van der Waals surface area (Å²) in [6.45, 7) is 15.0. The van der Waals surface area contributed by atoms with Crippen LogP contribution < -0.4 is 4.74 Å².